The van der Waals surface area contributed by atoms with E-state index in [1.165, 1.54) is 0 Å². The first kappa shape index (κ1) is 13.9. The molecule has 1 fully saturated rings. The second-order valence-electron chi connectivity index (χ2n) is 5.37. The third-order valence-electron chi connectivity index (χ3n) is 3.66. The number of aliphatic hydroxyl groups is 1. The molecule has 0 aromatic heterocycles. The standard InChI is InChI=1S/C12H27N3O/c1-11(2)15-7-5-14(6-8-15)9-12(3,10-16)13-4/h11,13,16H,5-10H2,1-4H3. The van der Waals surface area contributed by atoms with Crippen LogP contribution >= 0.6 is 0 Å². The zero-order valence-electron chi connectivity index (χ0n) is 11.2. The number of hydrogen-bond acceptors (Lipinski definition) is 4. The third-order valence-corrected chi connectivity index (χ3v) is 3.66. The molecule has 2 N–H and O–H groups in total. The molecule has 0 radical (unpaired) electrons. The van der Waals surface area contributed by atoms with Crippen molar-refractivity contribution in [2.45, 2.75) is 32.4 Å². The van der Waals surface area contributed by atoms with Crippen LogP contribution in [0.3, 0.4) is 0 Å². The van der Waals surface area contributed by atoms with Gasteiger partial charge in [-0.2, -0.15) is 0 Å². The van der Waals surface area contributed by atoms with Crippen molar-refractivity contribution in [1.29, 1.82) is 0 Å². The van der Waals surface area contributed by atoms with Crippen LogP contribution in [0.1, 0.15) is 20.8 Å². The smallest absolute Gasteiger partial charge is 0.0623 e. The van der Waals surface area contributed by atoms with Gasteiger partial charge in [-0.3, -0.25) is 9.80 Å². The predicted octanol–water partition coefficient (Wildman–Crippen LogP) is -0.0172. The van der Waals surface area contributed by atoms with E-state index in [1.54, 1.807) is 0 Å². The second-order valence-corrected chi connectivity index (χ2v) is 5.37. The Hall–Kier alpha value is -0.160. The van der Waals surface area contributed by atoms with Gasteiger partial charge in [0, 0.05) is 38.8 Å². The van der Waals surface area contributed by atoms with E-state index in [0.717, 1.165) is 32.7 Å². The first-order valence-corrected chi connectivity index (χ1v) is 6.27. The zero-order valence-corrected chi connectivity index (χ0v) is 11.2. The van der Waals surface area contributed by atoms with E-state index >= 15 is 0 Å². The summed E-state index contributed by atoms with van der Waals surface area (Å²) in [6.45, 7) is 12.2. The zero-order chi connectivity index (χ0) is 12.2. The van der Waals surface area contributed by atoms with Gasteiger partial charge in [-0.15, -0.1) is 0 Å². The maximum absolute atomic E-state index is 9.36. The molecule has 0 bridgehead atoms. The van der Waals surface area contributed by atoms with Crippen LogP contribution in [-0.4, -0.2) is 72.9 Å². The topological polar surface area (TPSA) is 38.7 Å². The number of likely N-dealkylation sites (N-methyl/N-ethyl adjacent to an activating group) is 1. The molecular weight excluding hydrogens is 202 g/mol. The average molecular weight is 229 g/mol. The molecule has 0 aliphatic carbocycles. The van der Waals surface area contributed by atoms with Crippen LogP contribution in [0.15, 0.2) is 0 Å². The molecular formula is C12H27N3O. The molecule has 0 aromatic carbocycles. The molecule has 1 heterocycles. The fourth-order valence-corrected chi connectivity index (χ4v) is 2.14. The van der Waals surface area contributed by atoms with Crippen molar-refractivity contribution < 1.29 is 5.11 Å². The van der Waals surface area contributed by atoms with Crippen molar-refractivity contribution >= 4 is 0 Å². The van der Waals surface area contributed by atoms with E-state index in [-0.39, 0.29) is 12.1 Å². The average Bonchev–Trinajstić information content (AvgIpc) is 2.29. The van der Waals surface area contributed by atoms with E-state index in [1.807, 2.05) is 7.05 Å². The summed E-state index contributed by atoms with van der Waals surface area (Å²) >= 11 is 0. The summed E-state index contributed by atoms with van der Waals surface area (Å²) in [5.41, 5.74) is -0.167. The molecule has 1 saturated heterocycles. The third kappa shape index (κ3) is 3.70. The molecule has 1 aliphatic heterocycles. The van der Waals surface area contributed by atoms with Gasteiger partial charge in [-0.1, -0.05) is 0 Å². The summed E-state index contributed by atoms with van der Waals surface area (Å²) in [7, 11) is 1.92. The summed E-state index contributed by atoms with van der Waals surface area (Å²) < 4.78 is 0. The Labute approximate surface area is 99.6 Å². The highest BCUT2D eigenvalue weighted by atomic mass is 16.3. The molecule has 0 aromatic rings. The molecule has 0 amide bonds. The minimum atomic E-state index is -0.167. The predicted molar refractivity (Wildman–Crippen MR) is 67.7 cm³/mol. The largest absolute Gasteiger partial charge is 0.394 e. The number of rotatable bonds is 5. The quantitative estimate of drug-likeness (QED) is 0.695. The van der Waals surface area contributed by atoms with E-state index in [2.05, 4.69) is 35.9 Å². The van der Waals surface area contributed by atoms with Gasteiger partial charge >= 0.3 is 0 Å². The normalized spacial score (nSPS) is 23.6. The monoisotopic (exact) mass is 229 g/mol. The Morgan fingerprint density at radius 2 is 1.81 bits per heavy atom. The summed E-state index contributed by atoms with van der Waals surface area (Å²) in [6.07, 6.45) is 0. The van der Waals surface area contributed by atoms with Crippen LogP contribution in [-0.2, 0) is 0 Å². The summed E-state index contributed by atoms with van der Waals surface area (Å²) in [5.74, 6) is 0. The molecule has 1 rings (SSSR count). The number of nitrogens with zero attached hydrogens (tertiary/aromatic N) is 2. The first-order chi connectivity index (χ1) is 7.50. The van der Waals surface area contributed by atoms with Gasteiger partial charge in [0.15, 0.2) is 0 Å². The maximum Gasteiger partial charge on any atom is 0.0623 e. The number of piperazine rings is 1. The highest BCUT2D eigenvalue weighted by Gasteiger charge is 2.27. The Morgan fingerprint density at radius 1 is 1.25 bits per heavy atom. The fraction of sp³-hybridized carbons (Fsp3) is 1.00. The second kappa shape index (κ2) is 5.96. The van der Waals surface area contributed by atoms with Crippen molar-refractivity contribution in [3.05, 3.63) is 0 Å². The number of aliphatic hydroxyl groups excluding tert-OH is 1. The van der Waals surface area contributed by atoms with Crippen molar-refractivity contribution in [3.8, 4) is 0 Å². The molecule has 1 unspecified atom stereocenters. The van der Waals surface area contributed by atoms with Gasteiger partial charge in [-0.05, 0) is 27.8 Å². The fourth-order valence-electron chi connectivity index (χ4n) is 2.14. The van der Waals surface area contributed by atoms with Crippen LogP contribution in [0.4, 0.5) is 0 Å². The first-order valence-electron chi connectivity index (χ1n) is 6.27. The highest BCUT2D eigenvalue weighted by molar-refractivity contribution is 4.86. The maximum atomic E-state index is 9.36. The Balaban J connectivity index is 2.37. The molecule has 4 heteroatoms. The van der Waals surface area contributed by atoms with E-state index < -0.39 is 0 Å². The van der Waals surface area contributed by atoms with Gasteiger partial charge in [0.25, 0.3) is 0 Å². The molecule has 0 spiro atoms. The van der Waals surface area contributed by atoms with E-state index in [0.29, 0.717) is 6.04 Å². The van der Waals surface area contributed by atoms with Crippen molar-refractivity contribution in [1.82, 2.24) is 15.1 Å². The lowest BCUT2D eigenvalue weighted by molar-refractivity contribution is 0.0700. The highest BCUT2D eigenvalue weighted by Crippen LogP contribution is 2.10. The van der Waals surface area contributed by atoms with Gasteiger partial charge < -0.3 is 10.4 Å². The van der Waals surface area contributed by atoms with E-state index in [4.69, 9.17) is 0 Å². The number of hydrogen-bond donors (Lipinski definition) is 2. The Morgan fingerprint density at radius 3 is 2.19 bits per heavy atom. The SMILES string of the molecule is CNC(C)(CO)CN1CCN(C(C)C)CC1. The lowest BCUT2D eigenvalue weighted by Gasteiger charge is -2.40. The molecule has 16 heavy (non-hydrogen) atoms. The van der Waals surface area contributed by atoms with Crippen LogP contribution in [0, 0.1) is 0 Å². The Bertz CT molecular complexity index is 196. The molecule has 96 valence electrons. The van der Waals surface area contributed by atoms with Gasteiger partial charge in [-0.25, -0.2) is 0 Å². The van der Waals surface area contributed by atoms with Crippen molar-refractivity contribution in [2.24, 2.45) is 0 Å². The summed E-state index contributed by atoms with van der Waals surface area (Å²) in [5, 5.41) is 12.6. The van der Waals surface area contributed by atoms with Crippen molar-refractivity contribution in [3.63, 3.8) is 0 Å². The molecule has 4 nitrogen and oxygen atoms in total. The minimum Gasteiger partial charge on any atom is -0.394 e. The van der Waals surface area contributed by atoms with E-state index in [9.17, 15) is 5.11 Å². The van der Waals surface area contributed by atoms with Crippen LogP contribution < -0.4 is 5.32 Å². The van der Waals surface area contributed by atoms with Crippen LogP contribution in [0.5, 0.6) is 0 Å². The molecule has 0 saturated carbocycles. The van der Waals surface area contributed by atoms with Crippen LogP contribution in [0.25, 0.3) is 0 Å². The lowest BCUT2D eigenvalue weighted by atomic mass is 10.0. The minimum absolute atomic E-state index is 0.167. The van der Waals surface area contributed by atoms with Gasteiger partial charge in [0.2, 0.25) is 0 Å². The van der Waals surface area contributed by atoms with Gasteiger partial charge in [0.1, 0.15) is 0 Å². The number of nitrogens with one attached hydrogen (secondary N) is 1. The van der Waals surface area contributed by atoms with Gasteiger partial charge in [0.05, 0.1) is 12.1 Å². The molecule has 1 atom stereocenters. The lowest BCUT2D eigenvalue weighted by Crippen LogP contribution is -2.57. The van der Waals surface area contributed by atoms with Crippen LogP contribution in [0.2, 0.25) is 0 Å². The molecule has 1 aliphatic rings. The van der Waals surface area contributed by atoms with Crippen molar-refractivity contribution in [2.75, 3.05) is 46.4 Å². The summed E-state index contributed by atoms with van der Waals surface area (Å²) in [4.78, 5) is 4.94. The summed E-state index contributed by atoms with van der Waals surface area (Å²) in [6, 6.07) is 0.649. The Kier molecular flexibility index (Phi) is 5.18.